The van der Waals surface area contributed by atoms with E-state index < -0.39 is 0 Å². The number of hydrogen-bond acceptors (Lipinski definition) is 4. The molecule has 0 radical (unpaired) electrons. The van der Waals surface area contributed by atoms with Gasteiger partial charge in [-0.05, 0) is 30.6 Å². The van der Waals surface area contributed by atoms with Gasteiger partial charge in [0.15, 0.2) is 0 Å². The van der Waals surface area contributed by atoms with Gasteiger partial charge in [0.05, 0.1) is 11.4 Å². The molecule has 2 aromatic rings. The van der Waals surface area contributed by atoms with E-state index in [9.17, 15) is 0 Å². The van der Waals surface area contributed by atoms with Gasteiger partial charge in [0.2, 0.25) is 0 Å². The number of hydrogen-bond donors (Lipinski definition) is 0. The van der Waals surface area contributed by atoms with Crippen molar-refractivity contribution in [1.29, 1.82) is 0 Å². The minimum Gasteiger partial charge on any atom is -0.364 e. The molecule has 0 fully saturated rings. The van der Waals surface area contributed by atoms with Crippen LogP contribution < -0.4 is 0 Å². The lowest BCUT2D eigenvalue weighted by Gasteiger charge is -2.26. The first-order valence-electron chi connectivity index (χ1n) is 7.99. The minimum atomic E-state index is 0.0456. The summed E-state index contributed by atoms with van der Waals surface area (Å²) in [5.74, 6) is 0.368. The summed E-state index contributed by atoms with van der Waals surface area (Å²) in [6.07, 6.45) is 5.66. The van der Waals surface area contributed by atoms with Crippen LogP contribution in [0.5, 0.6) is 0 Å². The fraction of sp³-hybridized carbons (Fsp3) is 0.667. The van der Waals surface area contributed by atoms with Crippen LogP contribution >= 0.6 is 0 Å². The summed E-state index contributed by atoms with van der Waals surface area (Å²) < 4.78 is 10.3. The Morgan fingerprint density at radius 3 is 2.14 bits per heavy atom. The van der Waals surface area contributed by atoms with Gasteiger partial charge in [0.1, 0.15) is 12.5 Å². The highest BCUT2D eigenvalue weighted by Crippen LogP contribution is 2.36. The van der Waals surface area contributed by atoms with Gasteiger partial charge >= 0.3 is 0 Å². The lowest BCUT2D eigenvalue weighted by molar-refractivity contribution is 0.389. The molecule has 0 spiro atoms. The van der Waals surface area contributed by atoms with Crippen molar-refractivity contribution in [3.63, 3.8) is 0 Å². The van der Waals surface area contributed by atoms with E-state index in [0.717, 1.165) is 24.2 Å². The average molecular weight is 304 g/mol. The molecule has 0 N–H and O–H groups in total. The third-order valence-electron chi connectivity index (χ3n) is 4.55. The molecule has 0 aliphatic rings. The Kier molecular flexibility index (Phi) is 4.50. The van der Waals surface area contributed by atoms with Gasteiger partial charge in [0.25, 0.3) is 0 Å². The van der Waals surface area contributed by atoms with E-state index in [4.69, 9.17) is 9.05 Å². The molecule has 2 rings (SSSR count). The van der Waals surface area contributed by atoms with E-state index in [0.29, 0.717) is 5.92 Å². The molecule has 1 atom stereocenters. The van der Waals surface area contributed by atoms with Gasteiger partial charge < -0.3 is 9.05 Å². The van der Waals surface area contributed by atoms with E-state index in [2.05, 4.69) is 51.9 Å². The van der Waals surface area contributed by atoms with Crippen LogP contribution in [0.3, 0.4) is 0 Å². The third kappa shape index (κ3) is 3.42. The van der Waals surface area contributed by atoms with Crippen LogP contribution in [-0.2, 0) is 10.8 Å². The number of aromatic nitrogens is 2. The topological polar surface area (TPSA) is 52.1 Å². The zero-order valence-electron chi connectivity index (χ0n) is 14.9. The maximum atomic E-state index is 5.24. The number of nitrogens with zero attached hydrogens (tertiary/aromatic N) is 2. The Labute approximate surface area is 133 Å². The molecule has 22 heavy (non-hydrogen) atoms. The van der Waals surface area contributed by atoms with E-state index in [1.807, 2.05) is 6.92 Å². The molecule has 0 aliphatic heterocycles. The van der Waals surface area contributed by atoms with Crippen molar-refractivity contribution in [1.82, 2.24) is 10.3 Å². The Balaban J connectivity index is 2.09. The Bertz CT molecular complexity index is 617. The predicted octanol–water partition coefficient (Wildman–Crippen LogP) is 5.13. The zero-order chi connectivity index (χ0) is 16.5. The van der Waals surface area contributed by atoms with E-state index >= 15 is 0 Å². The molecule has 1 unspecified atom stereocenters. The normalized spacial score (nSPS) is 14.3. The van der Waals surface area contributed by atoms with E-state index in [1.165, 1.54) is 11.1 Å². The van der Waals surface area contributed by atoms with Gasteiger partial charge in [-0.15, -0.1) is 0 Å². The molecule has 0 aliphatic carbocycles. The quantitative estimate of drug-likeness (QED) is 0.768. The lowest BCUT2D eigenvalue weighted by atomic mass is 9.77. The van der Waals surface area contributed by atoms with Crippen molar-refractivity contribution in [2.75, 3.05) is 0 Å². The lowest BCUT2D eigenvalue weighted by Crippen LogP contribution is -2.19. The van der Waals surface area contributed by atoms with Crippen molar-refractivity contribution in [3.8, 4) is 0 Å². The molecule has 0 saturated heterocycles. The van der Waals surface area contributed by atoms with Gasteiger partial charge in [-0.1, -0.05) is 51.9 Å². The molecule has 2 aromatic heterocycles. The Morgan fingerprint density at radius 2 is 1.59 bits per heavy atom. The summed E-state index contributed by atoms with van der Waals surface area (Å²) in [6, 6.07) is 0. The smallest absolute Gasteiger partial charge is 0.127 e. The highest BCUT2D eigenvalue weighted by molar-refractivity contribution is 5.27. The van der Waals surface area contributed by atoms with Crippen molar-refractivity contribution < 1.29 is 9.05 Å². The summed E-state index contributed by atoms with van der Waals surface area (Å²) in [5, 5.41) is 8.26. The maximum absolute atomic E-state index is 5.24. The summed E-state index contributed by atoms with van der Waals surface area (Å²) >= 11 is 0. The van der Waals surface area contributed by atoms with Crippen molar-refractivity contribution >= 4 is 0 Å². The maximum Gasteiger partial charge on any atom is 0.127 e. The second-order valence-electron chi connectivity index (χ2n) is 8.00. The summed E-state index contributed by atoms with van der Waals surface area (Å²) in [7, 11) is 0. The Morgan fingerprint density at radius 1 is 1.00 bits per heavy atom. The summed E-state index contributed by atoms with van der Waals surface area (Å²) in [6.45, 7) is 15.3. The molecular weight excluding hydrogens is 276 g/mol. The molecular formula is C18H28N2O2. The van der Waals surface area contributed by atoms with Gasteiger partial charge in [-0.2, -0.15) is 0 Å². The molecule has 0 amide bonds. The van der Waals surface area contributed by atoms with Crippen LogP contribution in [0.25, 0.3) is 0 Å². The fourth-order valence-corrected chi connectivity index (χ4v) is 2.95. The van der Waals surface area contributed by atoms with E-state index in [1.54, 1.807) is 12.5 Å². The zero-order valence-corrected chi connectivity index (χ0v) is 14.9. The SMILES string of the molecule is Cc1nocc1C(C)(C)CCC(C)c1nocc1C(C)(C)C. The van der Waals surface area contributed by atoms with Crippen LogP contribution in [0.15, 0.2) is 21.6 Å². The van der Waals surface area contributed by atoms with Crippen LogP contribution in [0.4, 0.5) is 0 Å². The standard InChI is InChI=1S/C18H28N2O2/c1-12(16-15(11-22-20-16)17(3,4)5)8-9-18(6,7)14-10-21-19-13(14)2/h10-12H,8-9H2,1-7H3. The van der Waals surface area contributed by atoms with Crippen molar-refractivity contribution in [3.05, 3.63) is 35.0 Å². The largest absolute Gasteiger partial charge is 0.364 e. The first kappa shape index (κ1) is 16.8. The van der Waals surface area contributed by atoms with Crippen molar-refractivity contribution in [2.45, 2.75) is 78.1 Å². The van der Waals surface area contributed by atoms with Gasteiger partial charge in [0, 0.05) is 17.0 Å². The Hall–Kier alpha value is -1.58. The first-order valence-corrected chi connectivity index (χ1v) is 7.99. The summed E-state index contributed by atoms with van der Waals surface area (Å²) in [5.41, 5.74) is 4.57. The monoisotopic (exact) mass is 304 g/mol. The van der Waals surface area contributed by atoms with Crippen molar-refractivity contribution in [2.24, 2.45) is 0 Å². The van der Waals surface area contributed by atoms with Crippen LogP contribution in [0, 0.1) is 6.92 Å². The first-order chi connectivity index (χ1) is 10.1. The minimum absolute atomic E-state index is 0.0456. The van der Waals surface area contributed by atoms with E-state index in [-0.39, 0.29) is 10.8 Å². The third-order valence-corrected chi connectivity index (χ3v) is 4.55. The second-order valence-corrected chi connectivity index (χ2v) is 8.00. The molecule has 2 heterocycles. The molecule has 122 valence electrons. The van der Waals surface area contributed by atoms with Crippen LogP contribution in [-0.4, -0.2) is 10.3 Å². The van der Waals surface area contributed by atoms with Crippen LogP contribution in [0.2, 0.25) is 0 Å². The number of rotatable bonds is 5. The molecule has 0 bridgehead atoms. The molecule has 4 heteroatoms. The molecule has 0 aromatic carbocycles. The van der Waals surface area contributed by atoms with Gasteiger partial charge in [-0.3, -0.25) is 0 Å². The highest BCUT2D eigenvalue weighted by Gasteiger charge is 2.29. The fourth-order valence-electron chi connectivity index (χ4n) is 2.95. The summed E-state index contributed by atoms with van der Waals surface area (Å²) in [4.78, 5) is 0. The molecule has 4 nitrogen and oxygen atoms in total. The van der Waals surface area contributed by atoms with Crippen LogP contribution in [0.1, 0.15) is 82.8 Å². The van der Waals surface area contributed by atoms with Gasteiger partial charge in [-0.25, -0.2) is 0 Å². The second kappa shape index (κ2) is 5.90. The average Bonchev–Trinajstić information content (AvgIpc) is 3.03. The highest BCUT2D eigenvalue weighted by atomic mass is 16.5. The number of aryl methyl sites for hydroxylation is 1. The molecule has 0 saturated carbocycles. The predicted molar refractivity (Wildman–Crippen MR) is 87.1 cm³/mol.